The molecular weight excluding hydrogens is 311 g/mol. The number of benzene rings is 1. The number of carbonyl (C=O) groups is 2. The molecule has 0 saturated heterocycles. The van der Waals surface area contributed by atoms with E-state index in [-0.39, 0.29) is 31.9 Å². The minimum Gasteiger partial charge on any atom is -0.465 e. The molecule has 3 rings (SSSR count). The zero-order valence-electron chi connectivity index (χ0n) is 13.9. The van der Waals surface area contributed by atoms with Crippen molar-refractivity contribution in [2.45, 2.75) is 32.1 Å². The van der Waals surface area contributed by atoms with Gasteiger partial charge in [-0.1, -0.05) is 30.3 Å². The van der Waals surface area contributed by atoms with E-state index in [2.05, 4.69) is 0 Å². The first-order chi connectivity index (χ1) is 11.5. The summed E-state index contributed by atoms with van der Waals surface area (Å²) in [6.07, 6.45) is 1.80. The van der Waals surface area contributed by atoms with Crippen LogP contribution in [0.5, 0.6) is 0 Å². The SMILES string of the molecule is CCOC(=O)C1(C(=O)OCC)CC2C(F)=CC2(c2ccccc2)C1. The van der Waals surface area contributed by atoms with Crippen LogP contribution in [0.4, 0.5) is 4.39 Å². The van der Waals surface area contributed by atoms with Crippen LogP contribution in [-0.4, -0.2) is 25.2 Å². The second kappa shape index (κ2) is 6.04. The molecule has 2 atom stereocenters. The summed E-state index contributed by atoms with van der Waals surface area (Å²) in [7, 11) is 0. The van der Waals surface area contributed by atoms with E-state index in [9.17, 15) is 14.0 Å². The highest BCUT2D eigenvalue weighted by molar-refractivity contribution is 6.01. The van der Waals surface area contributed by atoms with Gasteiger partial charge in [0, 0.05) is 11.3 Å². The zero-order chi connectivity index (χ0) is 17.4. The van der Waals surface area contributed by atoms with Crippen molar-refractivity contribution >= 4 is 11.9 Å². The van der Waals surface area contributed by atoms with Gasteiger partial charge in [0.2, 0.25) is 0 Å². The maximum absolute atomic E-state index is 14.2. The molecule has 0 aliphatic heterocycles. The fourth-order valence-corrected chi connectivity index (χ4v) is 4.04. The molecular formula is C19H21FO4. The van der Waals surface area contributed by atoms with Crippen molar-refractivity contribution in [2.75, 3.05) is 13.2 Å². The van der Waals surface area contributed by atoms with Gasteiger partial charge in [0.25, 0.3) is 0 Å². The summed E-state index contributed by atoms with van der Waals surface area (Å²) in [5.74, 6) is -1.99. The molecule has 2 unspecified atom stereocenters. The molecule has 1 saturated carbocycles. The number of carbonyl (C=O) groups excluding carboxylic acids is 2. The molecule has 0 radical (unpaired) electrons. The van der Waals surface area contributed by atoms with Gasteiger partial charge in [0.15, 0.2) is 5.41 Å². The van der Waals surface area contributed by atoms with Gasteiger partial charge in [-0.2, -0.15) is 0 Å². The normalized spacial score (nSPS) is 26.8. The molecule has 2 aliphatic carbocycles. The zero-order valence-corrected chi connectivity index (χ0v) is 13.9. The van der Waals surface area contributed by atoms with E-state index in [0.717, 1.165) is 5.56 Å². The first-order valence-electron chi connectivity index (χ1n) is 8.28. The number of esters is 2. The predicted molar refractivity (Wildman–Crippen MR) is 85.7 cm³/mol. The lowest BCUT2D eigenvalue weighted by Gasteiger charge is -2.40. The number of halogens is 1. The maximum atomic E-state index is 14.2. The Morgan fingerprint density at radius 3 is 2.21 bits per heavy atom. The number of rotatable bonds is 5. The summed E-state index contributed by atoms with van der Waals surface area (Å²) in [5, 5.41) is 0. The Morgan fingerprint density at radius 1 is 1.12 bits per heavy atom. The van der Waals surface area contributed by atoms with Crippen LogP contribution in [0.2, 0.25) is 0 Å². The summed E-state index contributed by atoms with van der Waals surface area (Å²) < 4.78 is 24.5. The third kappa shape index (κ3) is 2.26. The van der Waals surface area contributed by atoms with Crippen LogP contribution in [0, 0.1) is 11.3 Å². The van der Waals surface area contributed by atoms with E-state index in [1.165, 1.54) is 6.08 Å². The fourth-order valence-electron chi connectivity index (χ4n) is 4.04. The maximum Gasteiger partial charge on any atom is 0.323 e. The smallest absolute Gasteiger partial charge is 0.323 e. The third-order valence-corrected chi connectivity index (χ3v) is 5.14. The number of allylic oxidation sites excluding steroid dienone is 2. The van der Waals surface area contributed by atoms with Crippen LogP contribution in [0.15, 0.2) is 42.2 Å². The van der Waals surface area contributed by atoms with E-state index in [0.29, 0.717) is 0 Å². The molecule has 0 heterocycles. The van der Waals surface area contributed by atoms with Gasteiger partial charge in [-0.05, 0) is 38.3 Å². The van der Waals surface area contributed by atoms with Gasteiger partial charge in [0.1, 0.15) is 5.83 Å². The van der Waals surface area contributed by atoms with Crippen molar-refractivity contribution in [3.63, 3.8) is 0 Å². The Labute approximate surface area is 140 Å². The molecule has 2 aliphatic rings. The van der Waals surface area contributed by atoms with Crippen LogP contribution >= 0.6 is 0 Å². The molecule has 0 bridgehead atoms. The second-order valence-corrected chi connectivity index (χ2v) is 6.39. The molecule has 0 amide bonds. The molecule has 24 heavy (non-hydrogen) atoms. The molecule has 4 nitrogen and oxygen atoms in total. The van der Waals surface area contributed by atoms with Crippen LogP contribution in [0.25, 0.3) is 0 Å². The highest BCUT2D eigenvalue weighted by Crippen LogP contribution is 2.64. The Balaban J connectivity index is 2.03. The Bertz CT molecular complexity index is 664. The Morgan fingerprint density at radius 2 is 1.71 bits per heavy atom. The standard InChI is InChI=1S/C19H21FO4/c1-3-23-16(21)19(17(22)24-4-2)10-14-15(20)11-18(14,12-19)13-8-6-5-7-9-13/h5-9,11,14H,3-4,10,12H2,1-2H3. The van der Waals surface area contributed by atoms with Gasteiger partial charge in [-0.3, -0.25) is 9.59 Å². The van der Waals surface area contributed by atoms with E-state index in [4.69, 9.17) is 9.47 Å². The van der Waals surface area contributed by atoms with Crippen LogP contribution in [0.3, 0.4) is 0 Å². The van der Waals surface area contributed by atoms with Crippen molar-refractivity contribution in [2.24, 2.45) is 11.3 Å². The second-order valence-electron chi connectivity index (χ2n) is 6.39. The lowest BCUT2D eigenvalue weighted by Crippen LogP contribution is -2.42. The molecule has 128 valence electrons. The quantitative estimate of drug-likeness (QED) is 0.613. The first-order valence-corrected chi connectivity index (χ1v) is 8.28. The van der Waals surface area contributed by atoms with E-state index < -0.39 is 28.7 Å². The molecule has 0 N–H and O–H groups in total. The Hall–Kier alpha value is -2.17. The minimum atomic E-state index is -1.45. The summed E-state index contributed by atoms with van der Waals surface area (Å²) >= 11 is 0. The molecule has 0 aromatic heterocycles. The van der Waals surface area contributed by atoms with Gasteiger partial charge in [-0.15, -0.1) is 0 Å². The van der Waals surface area contributed by atoms with Gasteiger partial charge in [-0.25, -0.2) is 4.39 Å². The average molecular weight is 332 g/mol. The number of ether oxygens (including phenoxy) is 2. The monoisotopic (exact) mass is 332 g/mol. The number of hydrogen-bond donors (Lipinski definition) is 0. The van der Waals surface area contributed by atoms with Gasteiger partial charge >= 0.3 is 11.9 Å². The highest BCUT2D eigenvalue weighted by atomic mass is 19.1. The summed E-state index contributed by atoms with van der Waals surface area (Å²) in [5.41, 5.74) is -1.19. The third-order valence-electron chi connectivity index (χ3n) is 5.14. The van der Waals surface area contributed by atoms with Crippen LogP contribution in [0.1, 0.15) is 32.3 Å². The molecule has 1 aromatic carbocycles. The van der Waals surface area contributed by atoms with Crippen molar-refractivity contribution in [3.05, 3.63) is 47.8 Å². The van der Waals surface area contributed by atoms with Crippen molar-refractivity contribution in [3.8, 4) is 0 Å². The van der Waals surface area contributed by atoms with Crippen molar-refractivity contribution < 1.29 is 23.5 Å². The van der Waals surface area contributed by atoms with Crippen molar-refractivity contribution in [1.29, 1.82) is 0 Å². The first kappa shape index (κ1) is 16.7. The largest absolute Gasteiger partial charge is 0.465 e. The van der Waals surface area contributed by atoms with E-state index in [1.54, 1.807) is 13.8 Å². The van der Waals surface area contributed by atoms with Gasteiger partial charge < -0.3 is 9.47 Å². The minimum absolute atomic E-state index is 0.0852. The number of fused-ring (bicyclic) bond motifs is 1. The molecule has 1 fully saturated rings. The predicted octanol–water partition coefficient (Wildman–Crippen LogP) is 3.31. The van der Waals surface area contributed by atoms with Crippen LogP contribution in [-0.2, 0) is 24.5 Å². The summed E-state index contributed by atoms with van der Waals surface area (Å²) in [6.45, 7) is 3.70. The summed E-state index contributed by atoms with van der Waals surface area (Å²) in [4.78, 5) is 25.2. The Kier molecular flexibility index (Phi) is 4.20. The number of hydrogen-bond acceptors (Lipinski definition) is 4. The summed E-state index contributed by atoms with van der Waals surface area (Å²) in [6, 6.07) is 9.44. The molecule has 0 spiro atoms. The molecule has 1 aromatic rings. The fraction of sp³-hybridized carbons (Fsp3) is 0.474. The topological polar surface area (TPSA) is 52.6 Å². The lowest BCUT2D eigenvalue weighted by atomic mass is 9.64. The van der Waals surface area contributed by atoms with Gasteiger partial charge in [0.05, 0.1) is 13.2 Å². The van der Waals surface area contributed by atoms with Crippen molar-refractivity contribution in [1.82, 2.24) is 0 Å². The van der Waals surface area contributed by atoms with Crippen LogP contribution < -0.4 is 0 Å². The van der Waals surface area contributed by atoms with E-state index >= 15 is 0 Å². The lowest BCUT2D eigenvalue weighted by molar-refractivity contribution is -0.172. The average Bonchev–Trinajstić information content (AvgIpc) is 2.87. The van der Waals surface area contributed by atoms with E-state index in [1.807, 2.05) is 30.3 Å². The highest BCUT2D eigenvalue weighted by Gasteiger charge is 2.67. The molecule has 5 heteroatoms.